The maximum absolute atomic E-state index is 6.18. The first kappa shape index (κ1) is 12.6. The molecule has 19 heavy (non-hydrogen) atoms. The first-order chi connectivity index (χ1) is 9.16. The third-order valence-electron chi connectivity index (χ3n) is 3.07. The fraction of sp³-hybridized carbons (Fsp3) is 0.133. The summed E-state index contributed by atoms with van der Waals surface area (Å²) in [4.78, 5) is 4.72. The van der Waals surface area contributed by atoms with E-state index in [1.54, 1.807) is 11.3 Å². The Morgan fingerprint density at radius 1 is 1.26 bits per heavy atom. The Balaban J connectivity index is 2.31. The number of aromatic nitrogens is 1. The highest BCUT2D eigenvalue weighted by Gasteiger charge is 2.14. The van der Waals surface area contributed by atoms with Gasteiger partial charge in [0.15, 0.2) is 0 Å². The lowest BCUT2D eigenvalue weighted by Gasteiger charge is -2.12. The van der Waals surface area contributed by atoms with Crippen LogP contribution in [0.15, 0.2) is 41.8 Å². The van der Waals surface area contributed by atoms with Crippen molar-refractivity contribution in [2.45, 2.75) is 13.0 Å². The minimum atomic E-state index is -0.0621. The third kappa shape index (κ3) is 2.25. The summed E-state index contributed by atoms with van der Waals surface area (Å²) in [6.45, 7) is 1.98. The van der Waals surface area contributed by atoms with Crippen LogP contribution in [0.3, 0.4) is 0 Å². The second kappa shape index (κ2) is 4.93. The molecular formula is C15H13ClN2S. The Bertz CT molecular complexity index is 720. The SMILES string of the molecule is CC(N)c1cc2scc(Cl)c2nc1-c1ccccc1. The van der Waals surface area contributed by atoms with Crippen LogP contribution in [0.2, 0.25) is 5.02 Å². The number of benzene rings is 1. The minimum Gasteiger partial charge on any atom is -0.324 e. The number of hydrogen-bond donors (Lipinski definition) is 1. The van der Waals surface area contributed by atoms with Gasteiger partial charge < -0.3 is 5.73 Å². The summed E-state index contributed by atoms with van der Waals surface area (Å²) in [5.74, 6) is 0. The number of rotatable bonds is 2. The van der Waals surface area contributed by atoms with Crippen LogP contribution in [0.4, 0.5) is 0 Å². The van der Waals surface area contributed by atoms with Crippen LogP contribution in [0, 0.1) is 0 Å². The fourth-order valence-electron chi connectivity index (χ4n) is 2.12. The Morgan fingerprint density at radius 3 is 2.68 bits per heavy atom. The smallest absolute Gasteiger partial charge is 0.100 e. The number of halogens is 1. The van der Waals surface area contributed by atoms with E-state index >= 15 is 0 Å². The Hall–Kier alpha value is -1.42. The van der Waals surface area contributed by atoms with Gasteiger partial charge in [-0.05, 0) is 18.6 Å². The number of hydrogen-bond acceptors (Lipinski definition) is 3. The molecule has 0 aliphatic carbocycles. The maximum atomic E-state index is 6.18. The molecular weight excluding hydrogens is 276 g/mol. The summed E-state index contributed by atoms with van der Waals surface area (Å²) < 4.78 is 1.08. The molecule has 3 rings (SSSR count). The summed E-state index contributed by atoms with van der Waals surface area (Å²) in [5.41, 5.74) is 9.98. The van der Waals surface area contributed by atoms with E-state index in [1.165, 1.54) is 0 Å². The molecule has 2 aromatic heterocycles. The predicted octanol–water partition coefficient (Wildman–Crippen LogP) is 4.64. The molecule has 0 spiro atoms. The van der Waals surface area contributed by atoms with Crippen LogP contribution in [0.1, 0.15) is 18.5 Å². The van der Waals surface area contributed by atoms with Crippen LogP contribution in [0.5, 0.6) is 0 Å². The van der Waals surface area contributed by atoms with Gasteiger partial charge in [0.1, 0.15) is 5.52 Å². The summed E-state index contributed by atoms with van der Waals surface area (Å²) in [5, 5.41) is 2.62. The molecule has 2 nitrogen and oxygen atoms in total. The molecule has 1 unspecified atom stereocenters. The standard InChI is InChI=1S/C15H13ClN2S/c1-9(17)11-7-13-15(12(16)8-19-13)18-14(11)10-5-3-2-4-6-10/h2-9H,17H2,1H3. The zero-order valence-corrected chi connectivity index (χ0v) is 12.0. The monoisotopic (exact) mass is 288 g/mol. The van der Waals surface area contributed by atoms with Crippen LogP contribution in [-0.4, -0.2) is 4.98 Å². The van der Waals surface area contributed by atoms with E-state index in [4.69, 9.17) is 22.3 Å². The van der Waals surface area contributed by atoms with Gasteiger partial charge in [-0.3, -0.25) is 0 Å². The van der Waals surface area contributed by atoms with Gasteiger partial charge in [0.05, 0.1) is 15.4 Å². The van der Waals surface area contributed by atoms with Gasteiger partial charge in [-0.1, -0.05) is 41.9 Å². The zero-order valence-electron chi connectivity index (χ0n) is 10.4. The van der Waals surface area contributed by atoms with Crippen molar-refractivity contribution in [3.63, 3.8) is 0 Å². The maximum Gasteiger partial charge on any atom is 0.100 e. The molecule has 0 fully saturated rings. The quantitative estimate of drug-likeness (QED) is 0.746. The van der Waals surface area contributed by atoms with E-state index in [9.17, 15) is 0 Å². The molecule has 0 saturated heterocycles. The molecule has 0 aliphatic rings. The van der Waals surface area contributed by atoms with Crippen LogP contribution < -0.4 is 5.73 Å². The van der Waals surface area contributed by atoms with Crippen molar-refractivity contribution in [1.29, 1.82) is 0 Å². The lowest BCUT2D eigenvalue weighted by molar-refractivity contribution is 0.818. The zero-order chi connectivity index (χ0) is 13.4. The third-order valence-corrected chi connectivity index (χ3v) is 4.41. The van der Waals surface area contributed by atoms with Crippen LogP contribution in [0.25, 0.3) is 21.5 Å². The van der Waals surface area contributed by atoms with E-state index in [0.717, 1.165) is 27.0 Å². The van der Waals surface area contributed by atoms with Gasteiger partial charge in [0, 0.05) is 17.0 Å². The summed E-state index contributed by atoms with van der Waals surface area (Å²) >= 11 is 7.78. The Kier molecular flexibility index (Phi) is 3.27. The van der Waals surface area contributed by atoms with Crippen molar-refractivity contribution in [3.8, 4) is 11.3 Å². The Labute approximate surface area is 120 Å². The van der Waals surface area contributed by atoms with Crippen molar-refractivity contribution in [1.82, 2.24) is 4.98 Å². The fourth-order valence-corrected chi connectivity index (χ4v) is 3.25. The summed E-state index contributed by atoms with van der Waals surface area (Å²) in [6, 6.07) is 12.1. The van der Waals surface area contributed by atoms with E-state index < -0.39 is 0 Å². The van der Waals surface area contributed by atoms with Crippen molar-refractivity contribution < 1.29 is 0 Å². The largest absolute Gasteiger partial charge is 0.324 e. The number of thiophene rings is 1. The molecule has 0 aliphatic heterocycles. The van der Waals surface area contributed by atoms with Gasteiger partial charge in [-0.25, -0.2) is 4.98 Å². The Morgan fingerprint density at radius 2 is 2.00 bits per heavy atom. The highest BCUT2D eigenvalue weighted by atomic mass is 35.5. The summed E-state index contributed by atoms with van der Waals surface area (Å²) in [7, 11) is 0. The molecule has 4 heteroatoms. The van der Waals surface area contributed by atoms with Crippen molar-refractivity contribution in [2.24, 2.45) is 5.73 Å². The van der Waals surface area contributed by atoms with Gasteiger partial charge in [0.2, 0.25) is 0 Å². The van der Waals surface area contributed by atoms with E-state index in [-0.39, 0.29) is 6.04 Å². The average Bonchev–Trinajstić information content (AvgIpc) is 2.79. The van der Waals surface area contributed by atoms with Crippen molar-refractivity contribution in [2.75, 3.05) is 0 Å². The van der Waals surface area contributed by atoms with Gasteiger partial charge >= 0.3 is 0 Å². The first-order valence-corrected chi connectivity index (χ1v) is 7.31. The summed E-state index contributed by atoms with van der Waals surface area (Å²) in [6.07, 6.45) is 0. The lowest BCUT2D eigenvalue weighted by atomic mass is 10.0. The number of fused-ring (bicyclic) bond motifs is 1. The average molecular weight is 289 g/mol. The van der Waals surface area contributed by atoms with Crippen molar-refractivity contribution in [3.05, 3.63) is 52.4 Å². The molecule has 2 N–H and O–H groups in total. The molecule has 0 amide bonds. The second-order valence-electron chi connectivity index (χ2n) is 4.51. The molecule has 0 saturated carbocycles. The second-order valence-corrected chi connectivity index (χ2v) is 5.83. The number of nitrogens with zero attached hydrogens (tertiary/aromatic N) is 1. The molecule has 1 aromatic carbocycles. The van der Waals surface area contributed by atoms with Gasteiger partial charge in [0.25, 0.3) is 0 Å². The first-order valence-electron chi connectivity index (χ1n) is 6.05. The van der Waals surface area contributed by atoms with E-state index in [2.05, 4.69) is 6.07 Å². The lowest BCUT2D eigenvalue weighted by Crippen LogP contribution is -2.07. The molecule has 2 heterocycles. The predicted molar refractivity (Wildman–Crippen MR) is 82.7 cm³/mol. The van der Waals surface area contributed by atoms with Crippen molar-refractivity contribution >= 4 is 33.2 Å². The number of nitrogens with two attached hydrogens (primary N) is 1. The topological polar surface area (TPSA) is 38.9 Å². The molecule has 96 valence electrons. The number of pyridine rings is 1. The van der Waals surface area contributed by atoms with E-state index in [0.29, 0.717) is 5.02 Å². The highest BCUT2D eigenvalue weighted by molar-refractivity contribution is 7.17. The normalized spacial score (nSPS) is 12.8. The molecule has 0 radical (unpaired) electrons. The molecule has 3 aromatic rings. The van der Waals surface area contributed by atoms with Crippen LogP contribution >= 0.6 is 22.9 Å². The van der Waals surface area contributed by atoms with Gasteiger partial charge in [-0.15, -0.1) is 11.3 Å². The van der Waals surface area contributed by atoms with Gasteiger partial charge in [-0.2, -0.15) is 0 Å². The molecule has 1 atom stereocenters. The molecule has 0 bridgehead atoms. The highest BCUT2D eigenvalue weighted by Crippen LogP contribution is 2.34. The van der Waals surface area contributed by atoms with E-state index in [1.807, 2.05) is 42.6 Å². The minimum absolute atomic E-state index is 0.0621. The van der Waals surface area contributed by atoms with Crippen LogP contribution in [-0.2, 0) is 0 Å².